The van der Waals surface area contributed by atoms with Gasteiger partial charge in [-0.3, -0.25) is 19.1 Å². The van der Waals surface area contributed by atoms with Gasteiger partial charge in [0.2, 0.25) is 5.91 Å². The number of hydrogen-bond donors (Lipinski definition) is 1. The van der Waals surface area contributed by atoms with Crippen molar-refractivity contribution in [3.05, 3.63) is 24.0 Å². The zero-order chi connectivity index (χ0) is 18.0. The molecule has 1 fully saturated rings. The van der Waals surface area contributed by atoms with Gasteiger partial charge in [-0.2, -0.15) is 10.2 Å². The molecule has 1 N–H and O–H groups in total. The summed E-state index contributed by atoms with van der Waals surface area (Å²) in [6.45, 7) is 7.56. The highest BCUT2D eigenvalue weighted by atomic mass is 16.2. The fourth-order valence-electron chi connectivity index (χ4n) is 3.60. The van der Waals surface area contributed by atoms with Gasteiger partial charge in [0.05, 0.1) is 29.7 Å². The van der Waals surface area contributed by atoms with E-state index in [0.29, 0.717) is 6.04 Å². The summed E-state index contributed by atoms with van der Waals surface area (Å²) in [5, 5.41) is 11.7. The number of carbonyl (C=O) groups excluding carboxylic acids is 1. The maximum atomic E-state index is 12.8. The molecule has 136 valence electrons. The summed E-state index contributed by atoms with van der Waals surface area (Å²) in [6, 6.07) is 0.0973. The molecule has 0 radical (unpaired) electrons. The average Bonchev–Trinajstić information content (AvgIpc) is 3.18. The van der Waals surface area contributed by atoms with Crippen LogP contribution in [0.4, 0.5) is 5.69 Å². The number of nitrogens with one attached hydrogen (secondary N) is 1. The van der Waals surface area contributed by atoms with Crippen LogP contribution in [-0.4, -0.2) is 54.0 Å². The molecule has 3 rings (SSSR count). The van der Waals surface area contributed by atoms with E-state index in [2.05, 4.69) is 25.4 Å². The number of amides is 1. The molecule has 0 saturated carbocycles. The normalized spacial score (nSPS) is 19.8. The van der Waals surface area contributed by atoms with Crippen LogP contribution in [0.15, 0.2) is 12.7 Å². The fourth-order valence-corrected chi connectivity index (χ4v) is 3.60. The van der Waals surface area contributed by atoms with E-state index in [1.54, 1.807) is 17.3 Å². The third kappa shape index (κ3) is 3.73. The molecule has 25 heavy (non-hydrogen) atoms. The maximum absolute atomic E-state index is 12.8. The first kappa shape index (κ1) is 17.6. The van der Waals surface area contributed by atoms with Gasteiger partial charge in [0, 0.05) is 13.1 Å². The molecule has 8 heteroatoms. The zero-order valence-corrected chi connectivity index (χ0v) is 15.4. The van der Waals surface area contributed by atoms with Crippen LogP contribution < -0.4 is 5.32 Å². The predicted octanol–water partition coefficient (Wildman–Crippen LogP) is 1.51. The minimum absolute atomic E-state index is 0.0182. The Balaban J connectivity index is 1.70. The summed E-state index contributed by atoms with van der Waals surface area (Å²) in [6.07, 6.45) is 6.67. The van der Waals surface area contributed by atoms with Crippen LogP contribution in [0.1, 0.15) is 37.6 Å². The molecule has 0 aromatic carbocycles. The summed E-state index contributed by atoms with van der Waals surface area (Å²) in [5.41, 5.74) is 2.64. The Morgan fingerprint density at radius 3 is 2.84 bits per heavy atom. The van der Waals surface area contributed by atoms with Crippen LogP contribution in [0.25, 0.3) is 0 Å². The second-order valence-corrected chi connectivity index (χ2v) is 6.84. The van der Waals surface area contributed by atoms with Gasteiger partial charge in [-0.15, -0.1) is 0 Å². The van der Waals surface area contributed by atoms with Crippen molar-refractivity contribution >= 4 is 11.6 Å². The number of aryl methyl sites for hydroxylation is 2. The molecule has 1 amide bonds. The number of piperidine rings is 1. The van der Waals surface area contributed by atoms with E-state index in [1.807, 2.05) is 32.5 Å². The molecule has 0 aliphatic carbocycles. The van der Waals surface area contributed by atoms with Gasteiger partial charge < -0.3 is 5.32 Å². The van der Waals surface area contributed by atoms with Gasteiger partial charge in [-0.25, -0.2) is 4.98 Å². The van der Waals surface area contributed by atoms with Crippen LogP contribution >= 0.6 is 0 Å². The highest BCUT2D eigenvalue weighted by molar-refractivity contribution is 5.95. The first-order valence-electron chi connectivity index (χ1n) is 8.86. The first-order chi connectivity index (χ1) is 12.0. The molecule has 0 bridgehead atoms. The summed E-state index contributed by atoms with van der Waals surface area (Å²) < 4.78 is 3.65. The molecule has 2 unspecified atom stereocenters. The molecule has 1 aliphatic heterocycles. The average molecular weight is 345 g/mol. The highest BCUT2D eigenvalue weighted by Gasteiger charge is 2.31. The Labute approximate surface area is 148 Å². The van der Waals surface area contributed by atoms with E-state index in [0.717, 1.165) is 43.0 Å². The van der Waals surface area contributed by atoms with E-state index in [1.165, 1.54) is 6.42 Å². The van der Waals surface area contributed by atoms with Gasteiger partial charge >= 0.3 is 0 Å². The van der Waals surface area contributed by atoms with Gasteiger partial charge in [-0.1, -0.05) is 6.42 Å². The summed E-state index contributed by atoms with van der Waals surface area (Å²) in [7, 11) is 1.89. The van der Waals surface area contributed by atoms with Gasteiger partial charge in [0.1, 0.15) is 12.7 Å². The molecule has 8 nitrogen and oxygen atoms in total. The molecule has 0 spiro atoms. The van der Waals surface area contributed by atoms with E-state index in [4.69, 9.17) is 0 Å². The quantitative estimate of drug-likeness (QED) is 0.888. The SMILES string of the molecule is Cc1nn(C)c(C)c1NC(=O)C(C)N1CCCCC1Cn1cncn1. The van der Waals surface area contributed by atoms with Crippen molar-refractivity contribution in [1.29, 1.82) is 0 Å². The second-order valence-electron chi connectivity index (χ2n) is 6.84. The van der Waals surface area contributed by atoms with Crippen molar-refractivity contribution in [1.82, 2.24) is 29.4 Å². The Bertz CT molecular complexity index is 722. The lowest BCUT2D eigenvalue weighted by atomic mass is 9.99. The smallest absolute Gasteiger partial charge is 0.241 e. The summed E-state index contributed by atoms with van der Waals surface area (Å²) in [4.78, 5) is 19.2. The predicted molar refractivity (Wildman–Crippen MR) is 95.1 cm³/mol. The van der Waals surface area contributed by atoms with Gasteiger partial charge in [-0.05, 0) is 40.2 Å². The minimum Gasteiger partial charge on any atom is -0.322 e. The molecule has 2 atom stereocenters. The number of rotatable bonds is 5. The van der Waals surface area contributed by atoms with Crippen LogP contribution in [0.2, 0.25) is 0 Å². The lowest BCUT2D eigenvalue weighted by Crippen LogP contribution is -2.51. The molecule has 1 aliphatic rings. The number of anilines is 1. The summed E-state index contributed by atoms with van der Waals surface area (Å²) in [5.74, 6) is 0.0182. The Morgan fingerprint density at radius 2 is 2.20 bits per heavy atom. The first-order valence-corrected chi connectivity index (χ1v) is 8.86. The Morgan fingerprint density at radius 1 is 1.40 bits per heavy atom. The Kier molecular flexibility index (Phi) is 5.17. The fraction of sp³-hybridized carbons (Fsp3) is 0.647. The molecule has 2 aromatic heterocycles. The molecule has 1 saturated heterocycles. The van der Waals surface area contributed by atoms with Crippen LogP contribution in [0.5, 0.6) is 0 Å². The van der Waals surface area contributed by atoms with Crippen molar-refractivity contribution in [2.24, 2.45) is 7.05 Å². The number of carbonyl (C=O) groups is 1. The summed E-state index contributed by atoms with van der Waals surface area (Å²) >= 11 is 0. The van der Waals surface area contributed by atoms with Crippen molar-refractivity contribution in [2.45, 2.75) is 58.7 Å². The number of likely N-dealkylation sites (tertiary alicyclic amines) is 1. The van der Waals surface area contributed by atoms with Crippen molar-refractivity contribution in [3.63, 3.8) is 0 Å². The topological polar surface area (TPSA) is 80.9 Å². The van der Waals surface area contributed by atoms with Crippen molar-refractivity contribution < 1.29 is 4.79 Å². The highest BCUT2D eigenvalue weighted by Crippen LogP contribution is 2.23. The van der Waals surface area contributed by atoms with E-state index in [-0.39, 0.29) is 11.9 Å². The lowest BCUT2D eigenvalue weighted by molar-refractivity contribution is -0.122. The van der Waals surface area contributed by atoms with Gasteiger partial charge in [0.25, 0.3) is 0 Å². The number of hydrogen-bond acceptors (Lipinski definition) is 5. The maximum Gasteiger partial charge on any atom is 0.241 e. The zero-order valence-electron chi connectivity index (χ0n) is 15.4. The second kappa shape index (κ2) is 7.35. The molecule has 2 aromatic rings. The van der Waals surface area contributed by atoms with E-state index >= 15 is 0 Å². The third-order valence-electron chi connectivity index (χ3n) is 5.17. The van der Waals surface area contributed by atoms with E-state index < -0.39 is 0 Å². The molecule has 3 heterocycles. The monoisotopic (exact) mass is 345 g/mol. The molecular formula is C17H27N7O. The van der Waals surface area contributed by atoms with Crippen LogP contribution in [0.3, 0.4) is 0 Å². The third-order valence-corrected chi connectivity index (χ3v) is 5.17. The lowest BCUT2D eigenvalue weighted by Gasteiger charge is -2.39. The van der Waals surface area contributed by atoms with E-state index in [9.17, 15) is 4.79 Å². The van der Waals surface area contributed by atoms with Crippen LogP contribution in [-0.2, 0) is 18.4 Å². The molecular weight excluding hydrogens is 318 g/mol. The van der Waals surface area contributed by atoms with Crippen LogP contribution in [0, 0.1) is 13.8 Å². The standard InChI is InChI=1S/C17H27N7O/c1-12-16(13(2)22(4)21-12)20-17(25)14(3)24-8-6-5-7-15(24)9-23-11-18-10-19-23/h10-11,14-15H,5-9H2,1-4H3,(H,20,25). The van der Waals surface area contributed by atoms with Gasteiger partial charge in [0.15, 0.2) is 0 Å². The van der Waals surface area contributed by atoms with Crippen molar-refractivity contribution in [3.8, 4) is 0 Å². The Hall–Kier alpha value is -2.22. The number of aromatic nitrogens is 5. The van der Waals surface area contributed by atoms with Crippen molar-refractivity contribution in [2.75, 3.05) is 11.9 Å². The largest absolute Gasteiger partial charge is 0.322 e. The number of nitrogens with zero attached hydrogens (tertiary/aromatic N) is 6. The minimum atomic E-state index is -0.201.